The van der Waals surface area contributed by atoms with Crippen molar-refractivity contribution >= 4 is 22.9 Å². The number of hydrogen-bond donors (Lipinski definition) is 1. The molecule has 1 unspecified atom stereocenters. The molecule has 0 aliphatic carbocycles. The summed E-state index contributed by atoms with van der Waals surface area (Å²) in [4.78, 5) is 6.90. The van der Waals surface area contributed by atoms with Gasteiger partial charge in [0.25, 0.3) is 5.89 Å². The Kier molecular flexibility index (Phi) is 6.57. The summed E-state index contributed by atoms with van der Waals surface area (Å²) in [7, 11) is 1.66. The molecule has 0 saturated heterocycles. The van der Waals surface area contributed by atoms with Crippen molar-refractivity contribution in [2.45, 2.75) is 33.4 Å². The molecule has 0 spiro atoms. The minimum atomic E-state index is -0.247. The largest absolute Gasteiger partial charge is 0.497 e. The molecule has 182 valence electrons. The summed E-state index contributed by atoms with van der Waals surface area (Å²) in [6.07, 6.45) is 0. The molecule has 1 atom stereocenters. The molecule has 0 fully saturated rings. The summed E-state index contributed by atoms with van der Waals surface area (Å²) in [6, 6.07) is 24.3. The number of nitrogens with one attached hydrogen (secondary N) is 1. The average molecular weight is 497 g/mol. The van der Waals surface area contributed by atoms with Gasteiger partial charge in [0.05, 0.1) is 18.7 Å². The molecule has 0 amide bonds. The van der Waals surface area contributed by atoms with Crippen LogP contribution in [0.15, 0.2) is 83.0 Å². The van der Waals surface area contributed by atoms with Gasteiger partial charge in [-0.25, -0.2) is 0 Å². The number of aromatic nitrogens is 2. The van der Waals surface area contributed by atoms with Crippen molar-refractivity contribution < 1.29 is 9.26 Å². The fraction of sp³-hybridized carbons (Fsp3) is 0.207. The highest BCUT2D eigenvalue weighted by Gasteiger charge is 2.34. The normalized spacial score (nSPS) is 15.7. The first-order valence-electron chi connectivity index (χ1n) is 11.8. The van der Waals surface area contributed by atoms with Gasteiger partial charge in [0, 0.05) is 17.8 Å². The fourth-order valence-electron chi connectivity index (χ4n) is 4.41. The summed E-state index contributed by atoms with van der Waals surface area (Å²) >= 11 is 5.84. The van der Waals surface area contributed by atoms with E-state index in [1.54, 1.807) is 7.11 Å². The smallest absolute Gasteiger partial charge is 0.258 e. The Balaban J connectivity index is 1.59. The highest BCUT2D eigenvalue weighted by Crippen LogP contribution is 2.38. The van der Waals surface area contributed by atoms with Crippen LogP contribution in [-0.2, 0) is 6.54 Å². The maximum Gasteiger partial charge on any atom is 0.258 e. The highest BCUT2D eigenvalue weighted by molar-refractivity contribution is 7.80. The first-order valence-corrected chi connectivity index (χ1v) is 12.2. The number of hydrogen-bond acceptors (Lipinski definition) is 5. The summed E-state index contributed by atoms with van der Waals surface area (Å²) < 4.78 is 11.2. The lowest BCUT2D eigenvalue weighted by Gasteiger charge is -2.37. The van der Waals surface area contributed by atoms with Crippen molar-refractivity contribution in [3.63, 3.8) is 0 Å². The summed E-state index contributed by atoms with van der Waals surface area (Å²) in [5, 5.41) is 8.48. The van der Waals surface area contributed by atoms with Gasteiger partial charge in [0.2, 0.25) is 5.82 Å². The van der Waals surface area contributed by atoms with Crippen molar-refractivity contribution in [2.24, 2.45) is 0 Å². The van der Waals surface area contributed by atoms with Gasteiger partial charge in [0.1, 0.15) is 5.75 Å². The van der Waals surface area contributed by atoms with Gasteiger partial charge < -0.3 is 19.5 Å². The number of thiocarbonyl (C=S) groups is 1. The molecule has 0 saturated carbocycles. The van der Waals surface area contributed by atoms with Crippen LogP contribution in [0.1, 0.15) is 41.1 Å². The van der Waals surface area contributed by atoms with Crippen molar-refractivity contribution in [3.8, 4) is 17.1 Å². The fourth-order valence-corrected chi connectivity index (χ4v) is 4.72. The first-order chi connectivity index (χ1) is 17.4. The minimum absolute atomic E-state index is 0.247. The van der Waals surface area contributed by atoms with Gasteiger partial charge in [-0.05, 0) is 62.3 Å². The standard InChI is InChI=1S/C29H28N4O2S/c1-18-8-10-21(11-9-18)17-33-20(3)25(26(30-29(33)36)22-12-14-24(34-4)15-13-22)28-31-27(32-35-28)23-7-5-6-19(2)16-23/h5-16,26H,17H2,1-4H3,(H,30,36). The van der Waals surface area contributed by atoms with Crippen molar-refractivity contribution in [3.05, 3.63) is 107 Å². The van der Waals surface area contributed by atoms with Crippen LogP contribution in [0, 0.1) is 13.8 Å². The zero-order valence-corrected chi connectivity index (χ0v) is 21.6. The van der Waals surface area contributed by atoms with Crippen LogP contribution in [0.3, 0.4) is 0 Å². The number of ether oxygens (including phenoxy) is 1. The quantitative estimate of drug-likeness (QED) is 0.318. The van der Waals surface area contributed by atoms with E-state index >= 15 is 0 Å². The van der Waals surface area contributed by atoms with Crippen LogP contribution >= 0.6 is 12.2 Å². The SMILES string of the molecule is COc1ccc(C2NC(=S)N(Cc3ccc(C)cc3)C(C)=C2c2nc(-c3cccc(C)c3)no2)cc1. The van der Waals surface area contributed by atoms with E-state index in [1.807, 2.05) is 49.4 Å². The van der Waals surface area contributed by atoms with E-state index in [0.29, 0.717) is 23.4 Å². The zero-order valence-electron chi connectivity index (χ0n) is 20.8. The van der Waals surface area contributed by atoms with Crippen molar-refractivity contribution in [2.75, 3.05) is 7.11 Å². The summed E-state index contributed by atoms with van der Waals surface area (Å²) in [6.45, 7) is 6.83. The van der Waals surface area contributed by atoms with Crippen LogP contribution in [-0.4, -0.2) is 27.3 Å². The molecule has 1 aliphatic rings. The van der Waals surface area contributed by atoms with E-state index in [2.05, 4.69) is 59.6 Å². The third-order valence-electron chi connectivity index (χ3n) is 6.44. The zero-order chi connectivity index (χ0) is 25.2. The summed E-state index contributed by atoms with van der Waals surface area (Å²) in [5.74, 6) is 1.81. The molecule has 7 heteroatoms. The number of nitrogens with zero attached hydrogens (tertiary/aromatic N) is 3. The lowest BCUT2D eigenvalue weighted by Crippen LogP contribution is -2.45. The predicted molar refractivity (Wildman–Crippen MR) is 145 cm³/mol. The van der Waals surface area contributed by atoms with Crippen LogP contribution in [0.5, 0.6) is 5.75 Å². The third kappa shape index (κ3) is 4.75. The Morgan fingerprint density at radius 1 is 0.972 bits per heavy atom. The van der Waals surface area contributed by atoms with E-state index in [0.717, 1.165) is 39.3 Å². The van der Waals surface area contributed by atoms with Gasteiger partial charge in [-0.15, -0.1) is 0 Å². The Labute approximate surface area is 216 Å². The Morgan fingerprint density at radius 2 is 1.72 bits per heavy atom. The Hall–Kier alpha value is -3.97. The van der Waals surface area contributed by atoms with E-state index in [9.17, 15) is 0 Å². The topological polar surface area (TPSA) is 63.4 Å². The molecule has 1 N–H and O–H groups in total. The van der Waals surface area contributed by atoms with Gasteiger partial charge in [-0.2, -0.15) is 4.98 Å². The average Bonchev–Trinajstić information content (AvgIpc) is 3.37. The number of methoxy groups -OCH3 is 1. The van der Waals surface area contributed by atoms with Crippen LogP contribution in [0.2, 0.25) is 0 Å². The molecule has 6 nitrogen and oxygen atoms in total. The highest BCUT2D eigenvalue weighted by atomic mass is 32.1. The van der Waals surface area contributed by atoms with E-state index < -0.39 is 0 Å². The summed E-state index contributed by atoms with van der Waals surface area (Å²) in [5.41, 5.74) is 7.33. The third-order valence-corrected chi connectivity index (χ3v) is 6.78. The molecule has 4 aromatic rings. The van der Waals surface area contributed by atoms with Gasteiger partial charge in [-0.1, -0.05) is 70.9 Å². The second kappa shape index (κ2) is 9.95. The van der Waals surface area contributed by atoms with Crippen LogP contribution in [0.4, 0.5) is 0 Å². The lowest BCUT2D eigenvalue weighted by molar-refractivity contribution is 0.396. The van der Waals surface area contributed by atoms with E-state index in [1.165, 1.54) is 5.56 Å². The number of aryl methyl sites for hydroxylation is 2. The molecular weight excluding hydrogens is 468 g/mol. The van der Waals surface area contributed by atoms with Gasteiger partial charge >= 0.3 is 0 Å². The molecule has 2 heterocycles. The maximum atomic E-state index is 5.86. The molecule has 1 aromatic heterocycles. The molecule has 0 bridgehead atoms. The second-order valence-corrected chi connectivity index (χ2v) is 9.41. The van der Waals surface area contributed by atoms with Crippen molar-refractivity contribution in [1.29, 1.82) is 0 Å². The van der Waals surface area contributed by atoms with E-state index in [-0.39, 0.29) is 6.04 Å². The molecule has 3 aromatic carbocycles. The Morgan fingerprint density at radius 3 is 2.42 bits per heavy atom. The minimum Gasteiger partial charge on any atom is -0.497 e. The van der Waals surface area contributed by atoms with Crippen LogP contribution < -0.4 is 10.1 Å². The number of rotatable bonds is 6. The van der Waals surface area contributed by atoms with Crippen LogP contribution in [0.25, 0.3) is 17.0 Å². The monoisotopic (exact) mass is 496 g/mol. The predicted octanol–water partition coefficient (Wildman–Crippen LogP) is 6.22. The second-order valence-electron chi connectivity index (χ2n) is 9.02. The molecule has 0 radical (unpaired) electrons. The van der Waals surface area contributed by atoms with E-state index in [4.69, 9.17) is 26.5 Å². The molecule has 1 aliphatic heterocycles. The lowest BCUT2D eigenvalue weighted by atomic mass is 9.94. The number of benzene rings is 3. The van der Waals surface area contributed by atoms with Gasteiger partial charge in [-0.3, -0.25) is 0 Å². The number of allylic oxidation sites excluding steroid dienone is 1. The molecule has 5 rings (SSSR count). The first kappa shape index (κ1) is 23.8. The molecule has 36 heavy (non-hydrogen) atoms. The Bertz CT molecular complexity index is 1420. The maximum absolute atomic E-state index is 5.86. The van der Waals surface area contributed by atoms with Gasteiger partial charge in [0.15, 0.2) is 5.11 Å². The van der Waals surface area contributed by atoms with Crippen molar-refractivity contribution in [1.82, 2.24) is 20.4 Å². The molecular formula is C29H28N4O2S.